The van der Waals surface area contributed by atoms with Crippen molar-refractivity contribution in [2.75, 3.05) is 6.61 Å². The van der Waals surface area contributed by atoms with Crippen LogP contribution in [0.4, 0.5) is 0 Å². The summed E-state index contributed by atoms with van der Waals surface area (Å²) in [5, 5.41) is 17.4. The average Bonchev–Trinajstić information content (AvgIpc) is 2.33. The summed E-state index contributed by atoms with van der Waals surface area (Å²) in [5.41, 5.74) is -2.41. The van der Waals surface area contributed by atoms with Crippen LogP contribution in [0, 0.1) is 0 Å². The Kier molecular flexibility index (Phi) is 5.67. The molecule has 1 fully saturated rings. The van der Waals surface area contributed by atoms with Crippen molar-refractivity contribution in [2.24, 2.45) is 0 Å². The number of esters is 1. The van der Waals surface area contributed by atoms with Crippen molar-refractivity contribution in [3.05, 3.63) is 0 Å². The zero-order chi connectivity index (χ0) is 14.3. The molecule has 0 aromatic rings. The van der Waals surface area contributed by atoms with E-state index in [4.69, 9.17) is 4.74 Å². The molecular formula is C10H14O9. The molecule has 0 spiro atoms. The molecule has 0 aromatic heterocycles. The minimum atomic E-state index is -2.41. The van der Waals surface area contributed by atoms with Crippen LogP contribution in [0.1, 0.15) is 32.6 Å². The number of hydrogen-bond donors (Lipinski definition) is 1. The number of carbonyl (C=O) groups is 3. The van der Waals surface area contributed by atoms with Crippen LogP contribution in [0.25, 0.3) is 0 Å². The second-order valence-electron chi connectivity index (χ2n) is 3.92. The second kappa shape index (κ2) is 7.02. The molecular weight excluding hydrogens is 264 g/mol. The Labute approximate surface area is 108 Å². The SMILES string of the molecule is CCCCOC(=O)CC1(O)CC(=O)OOOOC1=O. The molecule has 0 aromatic carbocycles. The minimum absolute atomic E-state index is 0.157. The molecule has 108 valence electrons. The molecule has 0 aliphatic carbocycles. The van der Waals surface area contributed by atoms with E-state index in [0.717, 1.165) is 6.42 Å². The molecule has 1 rings (SSSR count). The van der Waals surface area contributed by atoms with Crippen molar-refractivity contribution in [1.82, 2.24) is 0 Å². The summed E-state index contributed by atoms with van der Waals surface area (Å²) in [5.74, 6) is -3.29. The average molecular weight is 278 g/mol. The number of unbranched alkanes of at least 4 members (excludes halogenated alkanes) is 1. The maximum Gasteiger partial charge on any atom is 0.378 e. The molecule has 9 nitrogen and oxygen atoms in total. The Morgan fingerprint density at radius 2 is 2.05 bits per heavy atom. The van der Waals surface area contributed by atoms with E-state index in [1.165, 1.54) is 0 Å². The van der Waals surface area contributed by atoms with Crippen LogP contribution in [0.2, 0.25) is 0 Å². The molecule has 1 unspecified atom stereocenters. The Balaban J connectivity index is 2.60. The predicted molar refractivity (Wildman–Crippen MR) is 54.4 cm³/mol. The second-order valence-corrected chi connectivity index (χ2v) is 3.92. The van der Waals surface area contributed by atoms with E-state index >= 15 is 0 Å². The molecule has 1 N–H and O–H groups in total. The fraction of sp³-hybridized carbons (Fsp3) is 0.700. The number of rotatable bonds is 5. The summed E-state index contributed by atoms with van der Waals surface area (Å²) in [6, 6.07) is 0. The smallest absolute Gasteiger partial charge is 0.378 e. The molecule has 0 amide bonds. The van der Waals surface area contributed by atoms with Crippen molar-refractivity contribution < 1.29 is 44.1 Å². The molecule has 0 radical (unpaired) electrons. The van der Waals surface area contributed by atoms with E-state index in [1.807, 2.05) is 6.92 Å². The van der Waals surface area contributed by atoms with Gasteiger partial charge in [-0.05, 0) is 6.42 Å². The van der Waals surface area contributed by atoms with Crippen molar-refractivity contribution in [3.8, 4) is 0 Å². The van der Waals surface area contributed by atoms with Gasteiger partial charge in [0.2, 0.25) is 0 Å². The normalized spacial score (nSPS) is 23.9. The van der Waals surface area contributed by atoms with Gasteiger partial charge < -0.3 is 9.84 Å². The highest BCUT2D eigenvalue weighted by atomic mass is 17.7. The first-order chi connectivity index (χ1) is 8.98. The van der Waals surface area contributed by atoms with Gasteiger partial charge in [0.1, 0.15) is 0 Å². The molecule has 0 bridgehead atoms. The van der Waals surface area contributed by atoms with E-state index in [2.05, 4.69) is 19.9 Å². The van der Waals surface area contributed by atoms with Crippen molar-refractivity contribution in [3.63, 3.8) is 0 Å². The first-order valence-electron chi connectivity index (χ1n) is 5.61. The maximum absolute atomic E-state index is 11.4. The van der Waals surface area contributed by atoms with Gasteiger partial charge in [0, 0.05) is 10.1 Å². The quantitative estimate of drug-likeness (QED) is 0.411. The lowest BCUT2D eigenvalue weighted by Crippen LogP contribution is -2.46. The fourth-order valence-electron chi connectivity index (χ4n) is 1.27. The van der Waals surface area contributed by atoms with Gasteiger partial charge >= 0.3 is 17.9 Å². The molecule has 1 aliphatic heterocycles. The van der Waals surface area contributed by atoms with Gasteiger partial charge in [0.05, 0.1) is 19.4 Å². The van der Waals surface area contributed by atoms with Crippen LogP contribution >= 0.6 is 0 Å². The van der Waals surface area contributed by atoms with Crippen molar-refractivity contribution in [2.45, 2.75) is 38.2 Å². The lowest BCUT2D eigenvalue weighted by Gasteiger charge is -2.23. The van der Waals surface area contributed by atoms with Gasteiger partial charge in [-0.15, -0.1) is 0 Å². The first kappa shape index (κ1) is 15.3. The van der Waals surface area contributed by atoms with E-state index in [0.29, 0.717) is 6.42 Å². The van der Waals surface area contributed by atoms with Crippen LogP contribution in [-0.2, 0) is 39.0 Å². The van der Waals surface area contributed by atoms with E-state index in [-0.39, 0.29) is 6.61 Å². The zero-order valence-corrected chi connectivity index (χ0v) is 10.2. The van der Waals surface area contributed by atoms with Gasteiger partial charge in [0.25, 0.3) is 0 Å². The minimum Gasteiger partial charge on any atom is -0.466 e. The number of hydrogen-bond acceptors (Lipinski definition) is 9. The van der Waals surface area contributed by atoms with Crippen LogP contribution in [0.15, 0.2) is 0 Å². The largest absolute Gasteiger partial charge is 0.466 e. The summed E-state index contributed by atoms with van der Waals surface area (Å²) in [6.45, 7) is 2.06. The summed E-state index contributed by atoms with van der Waals surface area (Å²) in [6.07, 6.45) is -0.114. The highest BCUT2D eigenvalue weighted by molar-refractivity contribution is 5.89. The standard InChI is InChI=1S/C10H14O9/c1-2-3-4-15-7(11)5-10(14)6-8(12)16-18-19-17-9(10)13/h14H,2-6H2,1H3. The summed E-state index contributed by atoms with van der Waals surface area (Å²) in [4.78, 5) is 41.9. The summed E-state index contributed by atoms with van der Waals surface area (Å²) >= 11 is 0. The van der Waals surface area contributed by atoms with Gasteiger partial charge in [-0.3, -0.25) is 14.6 Å². The predicted octanol–water partition coefficient (Wildman–Crippen LogP) is -0.281. The van der Waals surface area contributed by atoms with Crippen LogP contribution < -0.4 is 0 Å². The highest BCUT2D eigenvalue weighted by Crippen LogP contribution is 2.21. The zero-order valence-electron chi connectivity index (χ0n) is 10.2. The van der Waals surface area contributed by atoms with Crippen LogP contribution in [0.3, 0.4) is 0 Å². The van der Waals surface area contributed by atoms with E-state index in [1.54, 1.807) is 0 Å². The fourth-order valence-corrected chi connectivity index (χ4v) is 1.27. The van der Waals surface area contributed by atoms with Crippen LogP contribution in [0.5, 0.6) is 0 Å². The summed E-state index contributed by atoms with van der Waals surface area (Å²) < 4.78 is 4.78. The third kappa shape index (κ3) is 4.81. The Hall–Kier alpha value is -1.71. The monoisotopic (exact) mass is 278 g/mol. The van der Waals surface area contributed by atoms with Gasteiger partial charge in [0.15, 0.2) is 5.60 Å². The number of ether oxygens (including phenoxy) is 1. The first-order valence-corrected chi connectivity index (χ1v) is 5.61. The van der Waals surface area contributed by atoms with Gasteiger partial charge in [-0.1, -0.05) is 13.3 Å². The Morgan fingerprint density at radius 1 is 1.37 bits per heavy atom. The van der Waals surface area contributed by atoms with Crippen molar-refractivity contribution >= 4 is 17.9 Å². The molecule has 0 saturated carbocycles. The Bertz CT molecular complexity index is 353. The van der Waals surface area contributed by atoms with E-state index in [9.17, 15) is 19.5 Å². The lowest BCUT2D eigenvalue weighted by molar-refractivity contribution is -0.604. The van der Waals surface area contributed by atoms with Crippen molar-refractivity contribution in [1.29, 1.82) is 0 Å². The Morgan fingerprint density at radius 3 is 2.74 bits per heavy atom. The number of carbonyl (C=O) groups excluding carboxylic acids is 3. The maximum atomic E-state index is 11.4. The van der Waals surface area contributed by atoms with Gasteiger partial charge in [-0.2, -0.15) is 0 Å². The van der Waals surface area contributed by atoms with Crippen LogP contribution in [-0.4, -0.2) is 35.2 Å². The lowest BCUT2D eigenvalue weighted by atomic mass is 9.96. The molecule has 1 saturated heterocycles. The van der Waals surface area contributed by atoms with E-state index < -0.39 is 36.4 Å². The molecule has 19 heavy (non-hydrogen) atoms. The topological polar surface area (TPSA) is 118 Å². The summed E-state index contributed by atoms with van der Waals surface area (Å²) in [7, 11) is 0. The molecule has 9 heteroatoms. The number of aliphatic hydroxyl groups is 1. The third-order valence-corrected chi connectivity index (χ3v) is 2.28. The highest BCUT2D eigenvalue weighted by Gasteiger charge is 2.46. The van der Waals surface area contributed by atoms with Gasteiger partial charge in [-0.25, -0.2) is 9.59 Å². The third-order valence-electron chi connectivity index (χ3n) is 2.28. The molecule has 1 heterocycles. The molecule has 1 aliphatic rings. The molecule has 1 atom stereocenters.